The zero-order chi connectivity index (χ0) is 16.1. The van der Waals surface area contributed by atoms with Crippen molar-refractivity contribution in [2.75, 3.05) is 46.0 Å². The van der Waals surface area contributed by atoms with Crippen LogP contribution in [0.4, 0.5) is 0 Å². The van der Waals surface area contributed by atoms with Gasteiger partial charge in [0.25, 0.3) is 0 Å². The van der Waals surface area contributed by atoms with Gasteiger partial charge in [0.15, 0.2) is 11.5 Å². The molecule has 1 atom stereocenters. The number of hydrogen-bond acceptors (Lipinski definition) is 5. The molecule has 5 heteroatoms. The lowest BCUT2D eigenvalue weighted by Crippen LogP contribution is -2.40. The summed E-state index contributed by atoms with van der Waals surface area (Å²) >= 11 is 0. The molecule has 3 rings (SSSR count). The molecule has 1 fully saturated rings. The van der Waals surface area contributed by atoms with Crippen LogP contribution in [0.25, 0.3) is 0 Å². The number of nitrogens with one attached hydrogen (secondary N) is 1. The quantitative estimate of drug-likeness (QED) is 0.779. The Bertz CT molecular complexity index is 521. The minimum atomic E-state index is 0.320. The Labute approximate surface area is 138 Å². The molecule has 0 spiro atoms. The Kier molecular flexibility index (Phi) is 5.75. The van der Waals surface area contributed by atoms with Crippen LogP contribution < -0.4 is 14.8 Å². The first-order valence-electron chi connectivity index (χ1n) is 8.69. The molecule has 128 valence electrons. The molecule has 0 aliphatic carbocycles. The first-order chi connectivity index (χ1) is 11.3. The maximum atomic E-state index is 9.29. The molecule has 0 bridgehead atoms. The first kappa shape index (κ1) is 16.6. The van der Waals surface area contributed by atoms with Crippen LogP contribution in [-0.4, -0.2) is 56.0 Å². The van der Waals surface area contributed by atoms with Crippen molar-refractivity contribution in [1.29, 1.82) is 0 Å². The maximum Gasteiger partial charge on any atom is 0.161 e. The molecular formula is C18H28N2O3. The molecule has 2 heterocycles. The summed E-state index contributed by atoms with van der Waals surface area (Å²) in [5, 5.41) is 12.8. The van der Waals surface area contributed by atoms with Gasteiger partial charge in [0.1, 0.15) is 13.2 Å². The summed E-state index contributed by atoms with van der Waals surface area (Å²) in [5.74, 6) is 2.19. The van der Waals surface area contributed by atoms with Crippen LogP contribution in [0.5, 0.6) is 11.5 Å². The van der Waals surface area contributed by atoms with E-state index in [9.17, 15) is 5.11 Å². The first-order valence-corrected chi connectivity index (χ1v) is 8.69. The van der Waals surface area contributed by atoms with Crippen LogP contribution >= 0.6 is 0 Å². The SMILES string of the molecule is Cc1cc2c(cc1CNCCN1CCCC(CO)C1)OCCO2. The number of aryl methyl sites for hydroxylation is 1. The highest BCUT2D eigenvalue weighted by molar-refractivity contribution is 5.47. The highest BCUT2D eigenvalue weighted by Gasteiger charge is 2.18. The molecule has 0 amide bonds. The molecule has 1 saturated heterocycles. The molecule has 0 saturated carbocycles. The number of aliphatic hydroxyl groups is 1. The minimum Gasteiger partial charge on any atom is -0.486 e. The third-order valence-electron chi connectivity index (χ3n) is 4.78. The van der Waals surface area contributed by atoms with E-state index in [0.717, 1.165) is 50.6 Å². The second kappa shape index (κ2) is 7.99. The zero-order valence-corrected chi connectivity index (χ0v) is 14.0. The normalized spacial score (nSPS) is 21.4. The van der Waals surface area contributed by atoms with E-state index in [1.807, 2.05) is 0 Å². The average molecular weight is 320 g/mol. The number of aliphatic hydroxyl groups excluding tert-OH is 1. The Hall–Kier alpha value is -1.30. The lowest BCUT2D eigenvalue weighted by molar-refractivity contribution is 0.121. The smallest absolute Gasteiger partial charge is 0.161 e. The molecule has 2 aliphatic rings. The number of fused-ring (bicyclic) bond motifs is 1. The van der Waals surface area contributed by atoms with Gasteiger partial charge in [-0.15, -0.1) is 0 Å². The van der Waals surface area contributed by atoms with Gasteiger partial charge in [0.05, 0.1) is 0 Å². The van der Waals surface area contributed by atoms with Gasteiger partial charge in [0.2, 0.25) is 0 Å². The summed E-state index contributed by atoms with van der Waals surface area (Å²) in [6.07, 6.45) is 2.36. The van der Waals surface area contributed by atoms with Gasteiger partial charge in [-0.05, 0) is 55.5 Å². The molecule has 2 aliphatic heterocycles. The molecule has 0 aromatic heterocycles. The summed E-state index contributed by atoms with van der Waals surface area (Å²) < 4.78 is 11.3. The third-order valence-corrected chi connectivity index (χ3v) is 4.78. The van der Waals surface area contributed by atoms with E-state index in [4.69, 9.17) is 9.47 Å². The van der Waals surface area contributed by atoms with Gasteiger partial charge in [-0.25, -0.2) is 0 Å². The van der Waals surface area contributed by atoms with Crippen molar-refractivity contribution in [3.05, 3.63) is 23.3 Å². The maximum absolute atomic E-state index is 9.29. The molecular weight excluding hydrogens is 292 g/mol. The van der Waals surface area contributed by atoms with Crippen molar-refractivity contribution >= 4 is 0 Å². The number of rotatable bonds is 6. The minimum absolute atomic E-state index is 0.320. The van der Waals surface area contributed by atoms with Crippen molar-refractivity contribution < 1.29 is 14.6 Å². The van der Waals surface area contributed by atoms with Crippen LogP contribution in [0.15, 0.2) is 12.1 Å². The standard InChI is InChI=1S/C18H28N2O3/c1-14-9-17-18(23-8-7-22-17)10-16(14)11-19-4-6-20-5-2-3-15(12-20)13-21/h9-10,15,19,21H,2-8,11-13H2,1H3. The monoisotopic (exact) mass is 320 g/mol. The van der Waals surface area contributed by atoms with Crippen molar-refractivity contribution in [1.82, 2.24) is 10.2 Å². The number of nitrogens with zero attached hydrogens (tertiary/aromatic N) is 1. The lowest BCUT2D eigenvalue weighted by atomic mass is 9.99. The van der Waals surface area contributed by atoms with Crippen molar-refractivity contribution in [3.8, 4) is 11.5 Å². The topological polar surface area (TPSA) is 54.0 Å². The van der Waals surface area contributed by atoms with E-state index in [-0.39, 0.29) is 0 Å². The number of piperidine rings is 1. The van der Waals surface area contributed by atoms with E-state index < -0.39 is 0 Å². The van der Waals surface area contributed by atoms with Crippen molar-refractivity contribution in [2.24, 2.45) is 5.92 Å². The fraction of sp³-hybridized carbons (Fsp3) is 0.667. The van der Waals surface area contributed by atoms with E-state index in [1.54, 1.807) is 0 Å². The molecule has 1 aromatic rings. The predicted octanol–water partition coefficient (Wildman–Crippen LogP) is 1.56. The summed E-state index contributed by atoms with van der Waals surface area (Å²) in [5.41, 5.74) is 2.50. The number of likely N-dealkylation sites (tertiary alicyclic amines) is 1. The van der Waals surface area contributed by atoms with E-state index >= 15 is 0 Å². The Morgan fingerprint density at radius 1 is 1.26 bits per heavy atom. The Balaban J connectivity index is 1.45. The molecule has 1 aromatic carbocycles. The van der Waals surface area contributed by atoms with E-state index in [1.165, 1.54) is 17.5 Å². The summed E-state index contributed by atoms with van der Waals surface area (Å²) in [4.78, 5) is 2.45. The van der Waals surface area contributed by atoms with Gasteiger partial charge >= 0.3 is 0 Å². The predicted molar refractivity (Wildman–Crippen MR) is 90.1 cm³/mol. The average Bonchev–Trinajstić information content (AvgIpc) is 2.59. The second-order valence-corrected chi connectivity index (χ2v) is 6.59. The molecule has 5 nitrogen and oxygen atoms in total. The fourth-order valence-corrected chi connectivity index (χ4v) is 3.39. The largest absolute Gasteiger partial charge is 0.486 e. The van der Waals surface area contributed by atoms with Crippen molar-refractivity contribution in [3.63, 3.8) is 0 Å². The molecule has 2 N–H and O–H groups in total. The van der Waals surface area contributed by atoms with E-state index in [0.29, 0.717) is 25.7 Å². The number of hydrogen-bond donors (Lipinski definition) is 2. The van der Waals surface area contributed by atoms with Gasteiger partial charge in [-0.1, -0.05) is 0 Å². The molecule has 23 heavy (non-hydrogen) atoms. The third kappa shape index (κ3) is 4.37. The number of benzene rings is 1. The summed E-state index contributed by atoms with van der Waals surface area (Å²) in [6.45, 7) is 8.74. The fourth-order valence-electron chi connectivity index (χ4n) is 3.39. The van der Waals surface area contributed by atoms with Crippen LogP contribution in [-0.2, 0) is 6.54 Å². The Morgan fingerprint density at radius 3 is 2.83 bits per heavy atom. The van der Waals surface area contributed by atoms with E-state index in [2.05, 4.69) is 29.3 Å². The summed E-state index contributed by atoms with van der Waals surface area (Å²) in [6, 6.07) is 4.17. The number of ether oxygens (including phenoxy) is 2. The van der Waals surface area contributed by atoms with Gasteiger partial charge < -0.3 is 24.8 Å². The van der Waals surface area contributed by atoms with Crippen molar-refractivity contribution in [2.45, 2.75) is 26.3 Å². The van der Waals surface area contributed by atoms with Crippen LogP contribution in [0, 0.1) is 12.8 Å². The second-order valence-electron chi connectivity index (χ2n) is 6.59. The van der Waals surface area contributed by atoms with Gasteiger partial charge in [0, 0.05) is 32.8 Å². The Morgan fingerprint density at radius 2 is 2.04 bits per heavy atom. The lowest BCUT2D eigenvalue weighted by Gasteiger charge is -2.31. The highest BCUT2D eigenvalue weighted by Crippen LogP contribution is 2.32. The molecule has 0 radical (unpaired) electrons. The van der Waals surface area contributed by atoms with Crippen LogP contribution in [0.2, 0.25) is 0 Å². The zero-order valence-electron chi connectivity index (χ0n) is 14.0. The summed E-state index contributed by atoms with van der Waals surface area (Å²) in [7, 11) is 0. The highest BCUT2D eigenvalue weighted by atomic mass is 16.6. The van der Waals surface area contributed by atoms with Gasteiger partial charge in [-0.2, -0.15) is 0 Å². The molecule has 1 unspecified atom stereocenters. The van der Waals surface area contributed by atoms with Crippen LogP contribution in [0.1, 0.15) is 24.0 Å². The van der Waals surface area contributed by atoms with Crippen LogP contribution in [0.3, 0.4) is 0 Å². The van der Waals surface area contributed by atoms with Gasteiger partial charge in [-0.3, -0.25) is 0 Å².